The van der Waals surface area contributed by atoms with Crippen LogP contribution in [0, 0.1) is 6.92 Å². The van der Waals surface area contributed by atoms with Gasteiger partial charge < -0.3 is 20.1 Å². The number of thiophene rings is 1. The summed E-state index contributed by atoms with van der Waals surface area (Å²) in [6.07, 6.45) is 2.94. The summed E-state index contributed by atoms with van der Waals surface area (Å²) in [6.45, 7) is 4.90. The molecule has 0 radical (unpaired) electrons. The van der Waals surface area contributed by atoms with E-state index in [4.69, 9.17) is 15.2 Å². The van der Waals surface area contributed by atoms with Gasteiger partial charge in [0.15, 0.2) is 0 Å². The minimum atomic E-state index is 0. The van der Waals surface area contributed by atoms with Crippen molar-refractivity contribution >= 4 is 39.7 Å². The van der Waals surface area contributed by atoms with Gasteiger partial charge in [-0.1, -0.05) is 0 Å². The maximum absolute atomic E-state index is 13.0. The number of hydrogen-bond acceptors (Lipinski definition) is 5. The Morgan fingerprint density at radius 1 is 1.35 bits per heavy atom. The van der Waals surface area contributed by atoms with Crippen molar-refractivity contribution in [2.24, 2.45) is 5.73 Å². The summed E-state index contributed by atoms with van der Waals surface area (Å²) >= 11 is 1.57. The van der Waals surface area contributed by atoms with Crippen molar-refractivity contribution in [3.05, 3.63) is 28.6 Å². The molecule has 1 aliphatic heterocycles. The lowest BCUT2D eigenvalue weighted by atomic mass is 10.1. The average Bonchev–Trinajstić information content (AvgIpc) is 2.98. The number of carbonyl (C=O) groups excluding carboxylic acids is 1. The number of carbonyl (C=O) groups is 1. The highest BCUT2D eigenvalue weighted by Gasteiger charge is 2.26. The predicted molar refractivity (Wildman–Crippen MR) is 109 cm³/mol. The standard InChI is InChI=1S/C19H26N2O3S.ClH/c1-13-16-12-15(23-2)4-5-17(16)25-18(13)19(22)21-9-6-14(7-10-21)24-11-3-8-20;/h4-5,12,14H,3,6-11,20H2,1-2H3;1H. The molecule has 1 amide bonds. The molecule has 1 fully saturated rings. The third-order valence-corrected chi connectivity index (χ3v) is 6.03. The van der Waals surface area contributed by atoms with Gasteiger partial charge in [0.05, 0.1) is 18.1 Å². The maximum atomic E-state index is 13.0. The van der Waals surface area contributed by atoms with Crippen LogP contribution in [0.25, 0.3) is 10.1 Å². The molecule has 1 aromatic heterocycles. The number of ether oxygens (including phenoxy) is 2. The van der Waals surface area contributed by atoms with E-state index in [9.17, 15) is 4.79 Å². The van der Waals surface area contributed by atoms with E-state index in [0.717, 1.165) is 58.6 Å². The highest BCUT2D eigenvalue weighted by molar-refractivity contribution is 7.21. The Kier molecular flexibility index (Phi) is 7.70. The number of aryl methyl sites for hydroxylation is 1. The van der Waals surface area contributed by atoms with Crippen molar-refractivity contribution in [3.8, 4) is 5.75 Å². The van der Waals surface area contributed by atoms with Gasteiger partial charge in [-0.15, -0.1) is 23.7 Å². The Balaban J connectivity index is 0.00000243. The van der Waals surface area contributed by atoms with Crippen molar-refractivity contribution in [1.29, 1.82) is 0 Å². The second-order valence-electron chi connectivity index (χ2n) is 6.42. The van der Waals surface area contributed by atoms with Crippen molar-refractivity contribution in [1.82, 2.24) is 4.90 Å². The first-order valence-corrected chi connectivity index (χ1v) is 9.63. The topological polar surface area (TPSA) is 64.8 Å². The summed E-state index contributed by atoms with van der Waals surface area (Å²) in [6, 6.07) is 5.98. The van der Waals surface area contributed by atoms with Gasteiger partial charge in [0.2, 0.25) is 0 Å². The summed E-state index contributed by atoms with van der Waals surface area (Å²) in [7, 11) is 1.66. The second kappa shape index (κ2) is 9.55. The molecule has 2 aromatic rings. The number of benzene rings is 1. The summed E-state index contributed by atoms with van der Waals surface area (Å²) in [5.74, 6) is 0.959. The minimum absolute atomic E-state index is 0. The van der Waals surface area contributed by atoms with E-state index in [2.05, 4.69) is 0 Å². The lowest BCUT2D eigenvalue weighted by Crippen LogP contribution is -2.41. The third kappa shape index (κ3) is 4.49. The smallest absolute Gasteiger partial charge is 0.264 e. The summed E-state index contributed by atoms with van der Waals surface area (Å²) < 4.78 is 12.3. The van der Waals surface area contributed by atoms with E-state index < -0.39 is 0 Å². The Morgan fingerprint density at radius 3 is 2.73 bits per heavy atom. The molecule has 0 unspecified atom stereocenters. The average molecular weight is 399 g/mol. The third-order valence-electron chi connectivity index (χ3n) is 4.77. The molecular weight excluding hydrogens is 372 g/mol. The number of fused-ring (bicyclic) bond motifs is 1. The zero-order valence-corrected chi connectivity index (χ0v) is 17.0. The molecule has 144 valence electrons. The molecule has 1 aliphatic rings. The molecule has 26 heavy (non-hydrogen) atoms. The predicted octanol–water partition coefficient (Wildman–Crippen LogP) is 3.61. The van der Waals surface area contributed by atoms with Gasteiger partial charge in [0, 0.05) is 24.4 Å². The molecule has 2 N–H and O–H groups in total. The number of hydrogen-bond donors (Lipinski definition) is 1. The molecular formula is C19H27ClN2O3S. The fourth-order valence-corrected chi connectivity index (χ4v) is 4.39. The molecule has 0 atom stereocenters. The van der Waals surface area contributed by atoms with Crippen LogP contribution in [0.5, 0.6) is 5.75 Å². The van der Waals surface area contributed by atoms with Crippen LogP contribution in [0.4, 0.5) is 0 Å². The quantitative estimate of drug-likeness (QED) is 0.755. The molecule has 2 heterocycles. The van der Waals surface area contributed by atoms with E-state index >= 15 is 0 Å². The van der Waals surface area contributed by atoms with Crippen LogP contribution >= 0.6 is 23.7 Å². The van der Waals surface area contributed by atoms with Crippen LogP contribution in [0.15, 0.2) is 18.2 Å². The highest BCUT2D eigenvalue weighted by Crippen LogP contribution is 2.34. The highest BCUT2D eigenvalue weighted by atomic mass is 35.5. The van der Waals surface area contributed by atoms with Crippen LogP contribution in [0.1, 0.15) is 34.5 Å². The number of halogens is 1. The summed E-state index contributed by atoms with van der Waals surface area (Å²) in [5, 5.41) is 1.10. The Morgan fingerprint density at radius 2 is 2.08 bits per heavy atom. The Labute approximate surface area is 164 Å². The molecule has 5 nitrogen and oxygen atoms in total. The van der Waals surface area contributed by atoms with Gasteiger partial charge in [0.1, 0.15) is 5.75 Å². The number of likely N-dealkylation sites (tertiary alicyclic amines) is 1. The summed E-state index contributed by atoms with van der Waals surface area (Å²) in [5.41, 5.74) is 6.54. The molecule has 1 aromatic carbocycles. The zero-order chi connectivity index (χ0) is 17.8. The van der Waals surface area contributed by atoms with Gasteiger partial charge in [-0.2, -0.15) is 0 Å². The molecule has 0 bridgehead atoms. The fraction of sp³-hybridized carbons (Fsp3) is 0.526. The largest absolute Gasteiger partial charge is 0.497 e. The SMILES string of the molecule is COc1ccc2sc(C(=O)N3CCC(OCCCN)CC3)c(C)c2c1.Cl. The van der Waals surface area contributed by atoms with Gasteiger partial charge in [0.25, 0.3) is 5.91 Å². The van der Waals surface area contributed by atoms with Crippen LogP contribution in [-0.2, 0) is 4.74 Å². The second-order valence-corrected chi connectivity index (χ2v) is 7.48. The Bertz CT molecular complexity index is 742. The normalized spacial score (nSPS) is 15.1. The van der Waals surface area contributed by atoms with Crippen molar-refractivity contribution in [2.45, 2.75) is 32.3 Å². The molecule has 0 saturated carbocycles. The number of nitrogens with zero attached hydrogens (tertiary/aromatic N) is 1. The minimum Gasteiger partial charge on any atom is -0.497 e. The van der Waals surface area contributed by atoms with Gasteiger partial charge in [-0.3, -0.25) is 4.79 Å². The molecule has 0 aliphatic carbocycles. The van der Waals surface area contributed by atoms with E-state index in [-0.39, 0.29) is 24.4 Å². The zero-order valence-electron chi connectivity index (χ0n) is 15.3. The van der Waals surface area contributed by atoms with Crippen LogP contribution < -0.4 is 10.5 Å². The number of rotatable bonds is 6. The lowest BCUT2D eigenvalue weighted by molar-refractivity contribution is 0.00856. The van der Waals surface area contributed by atoms with E-state index in [1.807, 2.05) is 30.0 Å². The molecule has 1 saturated heterocycles. The maximum Gasteiger partial charge on any atom is 0.264 e. The van der Waals surface area contributed by atoms with Crippen molar-refractivity contribution < 1.29 is 14.3 Å². The van der Waals surface area contributed by atoms with Crippen LogP contribution in [-0.4, -0.2) is 50.3 Å². The van der Waals surface area contributed by atoms with Crippen molar-refractivity contribution in [2.75, 3.05) is 33.4 Å². The number of amides is 1. The first-order chi connectivity index (χ1) is 12.1. The number of nitrogens with two attached hydrogens (primary N) is 1. The lowest BCUT2D eigenvalue weighted by Gasteiger charge is -2.31. The van der Waals surface area contributed by atoms with Crippen LogP contribution in [0.2, 0.25) is 0 Å². The molecule has 3 rings (SSSR count). The van der Waals surface area contributed by atoms with E-state index in [0.29, 0.717) is 13.2 Å². The van der Waals surface area contributed by atoms with Crippen LogP contribution in [0.3, 0.4) is 0 Å². The van der Waals surface area contributed by atoms with E-state index in [1.165, 1.54) is 0 Å². The first-order valence-electron chi connectivity index (χ1n) is 8.82. The number of piperidine rings is 1. The summed E-state index contributed by atoms with van der Waals surface area (Å²) in [4.78, 5) is 15.8. The number of methoxy groups -OCH3 is 1. The fourth-order valence-electron chi connectivity index (χ4n) is 3.23. The van der Waals surface area contributed by atoms with Gasteiger partial charge in [-0.25, -0.2) is 0 Å². The van der Waals surface area contributed by atoms with Gasteiger partial charge in [-0.05, 0) is 61.9 Å². The Hall–Kier alpha value is -1.34. The molecule has 0 spiro atoms. The first kappa shape index (κ1) is 21.0. The van der Waals surface area contributed by atoms with Gasteiger partial charge >= 0.3 is 0 Å². The monoisotopic (exact) mass is 398 g/mol. The van der Waals surface area contributed by atoms with E-state index in [1.54, 1.807) is 18.4 Å². The van der Waals surface area contributed by atoms with Crippen molar-refractivity contribution in [3.63, 3.8) is 0 Å². The molecule has 7 heteroatoms.